The van der Waals surface area contributed by atoms with Crippen molar-refractivity contribution >= 4 is 34.3 Å². The number of nitrogens with one attached hydrogen (secondary N) is 1. The van der Waals surface area contributed by atoms with E-state index in [1.54, 1.807) is 36.4 Å². The highest BCUT2D eigenvalue weighted by atomic mass is 32.2. The Kier molecular flexibility index (Phi) is 6.13. The van der Waals surface area contributed by atoms with E-state index in [1.165, 1.54) is 23.9 Å². The molecule has 0 saturated carbocycles. The first-order chi connectivity index (χ1) is 13.0. The maximum absolute atomic E-state index is 12.3. The van der Waals surface area contributed by atoms with Gasteiger partial charge in [0.1, 0.15) is 21.8 Å². The second-order valence-electron chi connectivity index (χ2n) is 6.03. The van der Waals surface area contributed by atoms with Crippen LogP contribution < -0.4 is 10.1 Å². The van der Waals surface area contributed by atoms with E-state index in [9.17, 15) is 14.7 Å². The summed E-state index contributed by atoms with van der Waals surface area (Å²) in [5.74, 6) is 0.339. The molecule has 2 amide bonds. The van der Waals surface area contributed by atoms with Crippen LogP contribution in [-0.2, 0) is 9.59 Å². The van der Waals surface area contributed by atoms with E-state index in [2.05, 4.69) is 10.3 Å². The number of anilines is 1. The van der Waals surface area contributed by atoms with Crippen molar-refractivity contribution in [3.05, 3.63) is 54.1 Å². The fourth-order valence-corrected chi connectivity index (χ4v) is 3.56. The molecule has 1 heterocycles. The third-order valence-electron chi connectivity index (χ3n) is 3.84. The second kappa shape index (κ2) is 8.73. The number of hydrogen-bond donors (Lipinski definition) is 2. The number of phenolic OH excluding ortho intramolecular Hbond substituents is 1. The fourth-order valence-electron chi connectivity index (χ4n) is 2.48. The summed E-state index contributed by atoms with van der Waals surface area (Å²) >= 11 is 1.27. The van der Waals surface area contributed by atoms with Crippen molar-refractivity contribution in [1.82, 2.24) is 0 Å². The molecule has 7 heteroatoms. The first-order valence-electron chi connectivity index (χ1n) is 8.66. The van der Waals surface area contributed by atoms with Gasteiger partial charge >= 0.3 is 0 Å². The molecule has 3 rings (SSSR count). The molecule has 27 heavy (non-hydrogen) atoms. The SMILES string of the molecule is CCCOc1ccc(NC(=O)C[C@H]2SC(c3ccc(O)cc3)=NC2=O)cc1. The number of amides is 2. The van der Waals surface area contributed by atoms with Gasteiger partial charge in [-0.2, -0.15) is 0 Å². The van der Waals surface area contributed by atoms with Crippen molar-refractivity contribution < 1.29 is 19.4 Å². The number of thioether (sulfide) groups is 1. The van der Waals surface area contributed by atoms with Gasteiger partial charge in [0.25, 0.3) is 5.91 Å². The Balaban J connectivity index is 1.54. The zero-order valence-electron chi connectivity index (χ0n) is 14.8. The first-order valence-corrected chi connectivity index (χ1v) is 9.54. The van der Waals surface area contributed by atoms with Crippen molar-refractivity contribution in [1.29, 1.82) is 0 Å². The summed E-state index contributed by atoms with van der Waals surface area (Å²) in [4.78, 5) is 28.4. The molecule has 1 atom stereocenters. The lowest BCUT2D eigenvalue weighted by Gasteiger charge is -2.09. The maximum atomic E-state index is 12.3. The van der Waals surface area contributed by atoms with Crippen LogP contribution in [0.15, 0.2) is 53.5 Å². The van der Waals surface area contributed by atoms with E-state index in [0.29, 0.717) is 17.3 Å². The van der Waals surface area contributed by atoms with Crippen LogP contribution in [0.5, 0.6) is 11.5 Å². The van der Waals surface area contributed by atoms with Gasteiger partial charge in [0.15, 0.2) is 0 Å². The van der Waals surface area contributed by atoms with Gasteiger partial charge in [0.05, 0.1) is 6.61 Å². The molecule has 0 fully saturated rings. The third kappa shape index (κ3) is 5.10. The zero-order chi connectivity index (χ0) is 19.2. The van der Waals surface area contributed by atoms with Gasteiger partial charge in [-0.05, 0) is 55.0 Å². The maximum Gasteiger partial charge on any atom is 0.260 e. The van der Waals surface area contributed by atoms with Crippen LogP contribution in [0.25, 0.3) is 0 Å². The Morgan fingerprint density at radius 3 is 2.56 bits per heavy atom. The molecule has 0 spiro atoms. The zero-order valence-corrected chi connectivity index (χ0v) is 15.7. The van der Waals surface area contributed by atoms with Crippen LogP contribution in [-0.4, -0.2) is 33.8 Å². The largest absolute Gasteiger partial charge is 0.508 e. The third-order valence-corrected chi connectivity index (χ3v) is 5.04. The van der Waals surface area contributed by atoms with Gasteiger partial charge in [-0.25, -0.2) is 4.99 Å². The molecule has 140 valence electrons. The molecule has 0 aromatic heterocycles. The van der Waals surface area contributed by atoms with Gasteiger partial charge in [0, 0.05) is 17.7 Å². The number of aromatic hydroxyl groups is 1. The predicted molar refractivity (Wildman–Crippen MR) is 107 cm³/mol. The smallest absolute Gasteiger partial charge is 0.260 e. The van der Waals surface area contributed by atoms with E-state index in [0.717, 1.165) is 17.7 Å². The number of nitrogens with zero attached hydrogens (tertiary/aromatic N) is 1. The number of phenols is 1. The first kappa shape index (κ1) is 19.0. The number of carbonyl (C=O) groups is 2. The van der Waals surface area contributed by atoms with Crippen molar-refractivity contribution in [2.45, 2.75) is 25.0 Å². The quantitative estimate of drug-likeness (QED) is 0.761. The lowest BCUT2D eigenvalue weighted by molar-refractivity contribution is -0.121. The predicted octanol–water partition coefficient (Wildman–Crippen LogP) is 3.60. The van der Waals surface area contributed by atoms with Crippen LogP contribution >= 0.6 is 11.8 Å². The van der Waals surface area contributed by atoms with Gasteiger partial charge in [0.2, 0.25) is 5.91 Å². The fraction of sp³-hybridized carbons (Fsp3) is 0.250. The minimum atomic E-state index is -0.541. The molecule has 0 aliphatic carbocycles. The monoisotopic (exact) mass is 384 g/mol. The lowest BCUT2D eigenvalue weighted by Crippen LogP contribution is -2.21. The molecule has 2 N–H and O–H groups in total. The molecule has 1 aliphatic rings. The Bertz CT molecular complexity index is 847. The Morgan fingerprint density at radius 2 is 1.89 bits per heavy atom. The minimum absolute atomic E-state index is 0.0443. The number of aliphatic imine (C=N–C) groups is 1. The van der Waals surface area contributed by atoms with E-state index in [-0.39, 0.29) is 24.0 Å². The molecule has 2 aromatic carbocycles. The van der Waals surface area contributed by atoms with Crippen molar-refractivity contribution in [3.8, 4) is 11.5 Å². The molecular formula is C20H20N2O4S. The van der Waals surface area contributed by atoms with Gasteiger partial charge in [-0.3, -0.25) is 9.59 Å². The number of rotatable bonds is 7. The molecule has 0 unspecified atom stereocenters. The van der Waals surface area contributed by atoms with Crippen LogP contribution in [0.4, 0.5) is 5.69 Å². The summed E-state index contributed by atoms with van der Waals surface area (Å²) in [6.07, 6.45) is 0.975. The second-order valence-corrected chi connectivity index (χ2v) is 7.23. The molecule has 0 radical (unpaired) electrons. The Morgan fingerprint density at radius 1 is 1.19 bits per heavy atom. The lowest BCUT2D eigenvalue weighted by atomic mass is 10.2. The Labute approximate surface area is 161 Å². The summed E-state index contributed by atoms with van der Waals surface area (Å²) < 4.78 is 5.51. The summed E-state index contributed by atoms with van der Waals surface area (Å²) in [7, 11) is 0. The molecule has 1 aliphatic heterocycles. The highest BCUT2D eigenvalue weighted by molar-refractivity contribution is 8.16. The van der Waals surface area contributed by atoms with Crippen molar-refractivity contribution in [2.24, 2.45) is 4.99 Å². The normalized spacial score (nSPS) is 16.1. The van der Waals surface area contributed by atoms with E-state index in [4.69, 9.17) is 4.74 Å². The molecule has 6 nitrogen and oxygen atoms in total. The van der Waals surface area contributed by atoms with Gasteiger partial charge in [-0.1, -0.05) is 18.7 Å². The van der Waals surface area contributed by atoms with E-state index >= 15 is 0 Å². The molecule has 0 saturated heterocycles. The summed E-state index contributed by atoms with van der Waals surface area (Å²) in [5, 5.41) is 12.2. The average Bonchev–Trinajstić information content (AvgIpc) is 3.02. The Hall–Kier alpha value is -2.80. The van der Waals surface area contributed by atoms with Crippen LogP contribution in [0.1, 0.15) is 25.3 Å². The number of hydrogen-bond acceptors (Lipinski definition) is 5. The van der Waals surface area contributed by atoms with Crippen LogP contribution in [0.3, 0.4) is 0 Å². The average molecular weight is 384 g/mol. The van der Waals surface area contributed by atoms with Crippen molar-refractivity contribution in [3.63, 3.8) is 0 Å². The summed E-state index contributed by atoms with van der Waals surface area (Å²) in [5.41, 5.74) is 1.40. The summed E-state index contributed by atoms with van der Waals surface area (Å²) in [6.45, 7) is 2.68. The standard InChI is InChI=1S/C20H20N2O4S/c1-2-11-26-16-9-5-14(6-10-16)21-18(24)12-17-19(25)22-20(27-17)13-3-7-15(23)8-4-13/h3-10,17,23H,2,11-12H2,1H3,(H,21,24)/t17-/m1/s1. The highest BCUT2D eigenvalue weighted by Gasteiger charge is 2.31. The van der Waals surface area contributed by atoms with Gasteiger partial charge < -0.3 is 15.2 Å². The van der Waals surface area contributed by atoms with Crippen molar-refractivity contribution in [2.75, 3.05) is 11.9 Å². The van der Waals surface area contributed by atoms with Crippen LogP contribution in [0.2, 0.25) is 0 Å². The van der Waals surface area contributed by atoms with Crippen LogP contribution in [0, 0.1) is 0 Å². The number of ether oxygens (including phenoxy) is 1. The number of carbonyl (C=O) groups excluding carboxylic acids is 2. The van der Waals surface area contributed by atoms with Gasteiger partial charge in [-0.15, -0.1) is 0 Å². The molecule has 0 bridgehead atoms. The van der Waals surface area contributed by atoms with E-state index < -0.39 is 5.25 Å². The van der Waals surface area contributed by atoms with E-state index in [1.807, 2.05) is 6.92 Å². The summed E-state index contributed by atoms with van der Waals surface area (Å²) in [6, 6.07) is 13.6. The highest BCUT2D eigenvalue weighted by Crippen LogP contribution is 2.30. The number of benzene rings is 2. The molecule has 2 aromatic rings. The topological polar surface area (TPSA) is 88.0 Å². The molecular weight excluding hydrogens is 364 g/mol. The minimum Gasteiger partial charge on any atom is -0.508 e.